The third kappa shape index (κ3) is 2.83. The van der Waals surface area contributed by atoms with Crippen LogP contribution in [0, 0.1) is 0 Å². The predicted molar refractivity (Wildman–Crippen MR) is 59.9 cm³/mol. The number of aromatic nitrogens is 1. The smallest absolute Gasteiger partial charge is 0.146 e. The van der Waals surface area contributed by atoms with Crippen LogP contribution in [-0.2, 0) is 0 Å². The van der Waals surface area contributed by atoms with E-state index < -0.39 is 0 Å². The van der Waals surface area contributed by atoms with Gasteiger partial charge in [-0.05, 0) is 12.8 Å². The number of hydrogen-bond donors (Lipinski definition) is 2. The Hall–Kier alpha value is -1.29. The Morgan fingerprint density at radius 1 is 1.47 bits per heavy atom. The van der Waals surface area contributed by atoms with Gasteiger partial charge in [0.05, 0.1) is 18.0 Å². The first-order chi connectivity index (χ1) is 7.06. The minimum Gasteiger partial charge on any atom is -0.486 e. The maximum Gasteiger partial charge on any atom is 0.146 e. The van der Waals surface area contributed by atoms with Crippen molar-refractivity contribution in [3.63, 3.8) is 0 Å². The third-order valence-corrected chi connectivity index (χ3v) is 2.11. The number of aliphatic hydroxyl groups excluding tert-OH is 1. The van der Waals surface area contributed by atoms with E-state index in [0.717, 1.165) is 5.69 Å². The van der Waals surface area contributed by atoms with Crippen molar-refractivity contribution in [3.8, 4) is 5.75 Å². The van der Waals surface area contributed by atoms with Gasteiger partial charge in [0, 0.05) is 12.3 Å². The Morgan fingerprint density at radius 2 is 2.13 bits per heavy atom. The fraction of sp³-hybridized carbons (Fsp3) is 0.545. The molecule has 15 heavy (non-hydrogen) atoms. The highest BCUT2D eigenvalue weighted by Gasteiger charge is 2.12. The zero-order chi connectivity index (χ0) is 11.4. The van der Waals surface area contributed by atoms with Gasteiger partial charge in [0.1, 0.15) is 11.9 Å². The third-order valence-electron chi connectivity index (χ3n) is 2.11. The van der Waals surface area contributed by atoms with Crippen LogP contribution in [0.3, 0.4) is 0 Å². The van der Waals surface area contributed by atoms with Gasteiger partial charge in [-0.15, -0.1) is 0 Å². The zero-order valence-corrected chi connectivity index (χ0v) is 9.40. The molecule has 1 atom stereocenters. The molecule has 1 aromatic heterocycles. The fourth-order valence-electron chi connectivity index (χ4n) is 1.29. The molecule has 0 radical (unpaired) electrons. The molecule has 4 heteroatoms. The molecule has 4 nitrogen and oxygen atoms in total. The molecule has 0 spiro atoms. The molecule has 0 aliphatic rings. The Kier molecular flexibility index (Phi) is 3.91. The van der Waals surface area contributed by atoms with Gasteiger partial charge in [0.15, 0.2) is 0 Å². The molecule has 84 valence electrons. The number of pyridine rings is 1. The van der Waals surface area contributed by atoms with Gasteiger partial charge in [-0.2, -0.15) is 0 Å². The van der Waals surface area contributed by atoms with Crippen LogP contribution in [0.5, 0.6) is 5.75 Å². The number of rotatable bonds is 4. The molecule has 1 heterocycles. The highest BCUT2D eigenvalue weighted by Crippen LogP contribution is 2.28. The summed E-state index contributed by atoms with van der Waals surface area (Å²) in [6, 6.07) is 1.72. The van der Waals surface area contributed by atoms with Crippen LogP contribution in [0.4, 0.5) is 5.69 Å². The van der Waals surface area contributed by atoms with Crippen LogP contribution in [-0.4, -0.2) is 22.8 Å². The van der Waals surface area contributed by atoms with Crippen molar-refractivity contribution >= 4 is 5.69 Å². The molecule has 1 aromatic rings. The highest BCUT2D eigenvalue weighted by atomic mass is 16.5. The number of anilines is 1. The van der Waals surface area contributed by atoms with E-state index in [1.54, 1.807) is 19.2 Å². The number of aliphatic hydroxyl groups is 1. The van der Waals surface area contributed by atoms with Crippen molar-refractivity contribution in [1.82, 2.24) is 4.98 Å². The van der Waals surface area contributed by atoms with Crippen LogP contribution < -0.4 is 10.5 Å². The van der Waals surface area contributed by atoms with Crippen LogP contribution in [0.2, 0.25) is 0 Å². The molecule has 0 amide bonds. The lowest BCUT2D eigenvalue weighted by Crippen LogP contribution is -2.17. The second kappa shape index (κ2) is 4.98. The monoisotopic (exact) mass is 210 g/mol. The van der Waals surface area contributed by atoms with Gasteiger partial charge in [-0.25, -0.2) is 0 Å². The van der Waals surface area contributed by atoms with E-state index in [-0.39, 0.29) is 18.6 Å². The lowest BCUT2D eigenvalue weighted by molar-refractivity contribution is 0.130. The SMILES string of the molecule is CC(C)c1nccc(O[C@@H](C)CO)c1N. The molecule has 1 rings (SSSR count). The average molecular weight is 210 g/mol. The van der Waals surface area contributed by atoms with Crippen LogP contribution in [0.15, 0.2) is 12.3 Å². The summed E-state index contributed by atoms with van der Waals surface area (Å²) in [6.07, 6.45) is 1.42. The second-order valence-corrected chi connectivity index (χ2v) is 3.87. The quantitative estimate of drug-likeness (QED) is 0.791. The minimum atomic E-state index is -0.255. The van der Waals surface area contributed by atoms with E-state index in [4.69, 9.17) is 15.6 Å². The van der Waals surface area contributed by atoms with Gasteiger partial charge in [-0.3, -0.25) is 4.98 Å². The number of nitrogens with zero attached hydrogens (tertiary/aromatic N) is 1. The van der Waals surface area contributed by atoms with Gasteiger partial charge < -0.3 is 15.6 Å². The number of hydrogen-bond acceptors (Lipinski definition) is 4. The van der Waals surface area contributed by atoms with Crippen molar-refractivity contribution in [2.45, 2.75) is 32.8 Å². The molecular weight excluding hydrogens is 192 g/mol. The van der Waals surface area contributed by atoms with Crippen molar-refractivity contribution in [2.75, 3.05) is 12.3 Å². The minimum absolute atomic E-state index is 0.0290. The molecule has 0 unspecified atom stereocenters. The van der Waals surface area contributed by atoms with Gasteiger partial charge in [-0.1, -0.05) is 13.8 Å². The van der Waals surface area contributed by atoms with Crippen LogP contribution in [0.25, 0.3) is 0 Å². The van der Waals surface area contributed by atoms with Crippen molar-refractivity contribution in [1.29, 1.82) is 0 Å². The van der Waals surface area contributed by atoms with Gasteiger partial charge in [0.25, 0.3) is 0 Å². The molecular formula is C11H18N2O2. The summed E-state index contributed by atoms with van der Waals surface area (Å²) >= 11 is 0. The first-order valence-electron chi connectivity index (χ1n) is 5.08. The maximum absolute atomic E-state index is 8.88. The lowest BCUT2D eigenvalue weighted by Gasteiger charge is -2.16. The topological polar surface area (TPSA) is 68.4 Å². The summed E-state index contributed by atoms with van der Waals surface area (Å²) in [7, 11) is 0. The van der Waals surface area contributed by atoms with E-state index >= 15 is 0 Å². The largest absolute Gasteiger partial charge is 0.486 e. The van der Waals surface area contributed by atoms with Crippen LogP contribution in [0.1, 0.15) is 32.4 Å². The summed E-state index contributed by atoms with van der Waals surface area (Å²) < 4.78 is 5.47. The van der Waals surface area contributed by atoms with Crippen molar-refractivity contribution < 1.29 is 9.84 Å². The molecule has 0 saturated carbocycles. The first kappa shape index (κ1) is 11.8. The molecule has 0 aromatic carbocycles. The highest BCUT2D eigenvalue weighted by molar-refractivity contribution is 5.56. The van der Waals surface area contributed by atoms with Gasteiger partial charge in [0.2, 0.25) is 0 Å². The van der Waals surface area contributed by atoms with E-state index in [1.807, 2.05) is 13.8 Å². The van der Waals surface area contributed by atoms with E-state index in [0.29, 0.717) is 11.4 Å². The summed E-state index contributed by atoms with van der Waals surface area (Å²) in [5, 5.41) is 8.88. The summed E-state index contributed by atoms with van der Waals surface area (Å²) in [6.45, 7) is 5.81. The summed E-state index contributed by atoms with van der Waals surface area (Å²) in [4.78, 5) is 4.20. The predicted octanol–water partition coefficient (Wildman–Crippen LogP) is 1.55. The maximum atomic E-state index is 8.88. The van der Waals surface area contributed by atoms with Crippen molar-refractivity contribution in [2.24, 2.45) is 0 Å². The molecule has 0 aliphatic carbocycles. The van der Waals surface area contributed by atoms with E-state index in [2.05, 4.69) is 4.98 Å². The van der Waals surface area contributed by atoms with Crippen LogP contribution >= 0.6 is 0 Å². The van der Waals surface area contributed by atoms with Crippen molar-refractivity contribution in [3.05, 3.63) is 18.0 Å². The van der Waals surface area contributed by atoms with E-state index in [9.17, 15) is 0 Å². The zero-order valence-electron chi connectivity index (χ0n) is 9.40. The Bertz CT molecular complexity index is 326. The molecule has 0 bridgehead atoms. The second-order valence-electron chi connectivity index (χ2n) is 3.87. The average Bonchev–Trinajstić information content (AvgIpc) is 2.20. The molecule has 0 saturated heterocycles. The lowest BCUT2D eigenvalue weighted by atomic mass is 10.1. The first-order valence-corrected chi connectivity index (χ1v) is 5.08. The van der Waals surface area contributed by atoms with E-state index in [1.165, 1.54) is 0 Å². The summed E-state index contributed by atoms with van der Waals surface area (Å²) in [5.74, 6) is 0.855. The number of ether oxygens (including phenoxy) is 1. The fourth-order valence-corrected chi connectivity index (χ4v) is 1.29. The molecule has 0 fully saturated rings. The summed E-state index contributed by atoms with van der Waals surface area (Å²) in [5.41, 5.74) is 7.31. The Labute approximate surface area is 90.1 Å². The Balaban J connectivity index is 2.94. The molecule has 3 N–H and O–H groups in total. The number of nitrogen functional groups attached to an aromatic ring is 1. The molecule has 0 aliphatic heterocycles. The number of nitrogens with two attached hydrogens (primary N) is 1. The normalized spacial score (nSPS) is 12.9. The Morgan fingerprint density at radius 3 is 2.67 bits per heavy atom. The standard InChI is InChI=1S/C11H18N2O2/c1-7(2)11-10(12)9(4-5-13-11)15-8(3)6-14/h4-5,7-8,14H,6,12H2,1-3H3/t8-/m0/s1. The van der Waals surface area contributed by atoms with Gasteiger partial charge >= 0.3 is 0 Å².